The Morgan fingerprint density at radius 3 is 2.58 bits per heavy atom. The van der Waals surface area contributed by atoms with Gasteiger partial charge in [0.1, 0.15) is 11.5 Å². The number of urea groups is 1. The van der Waals surface area contributed by atoms with Crippen LogP contribution in [-0.2, 0) is 6.54 Å². The minimum atomic E-state index is -0.380. The van der Waals surface area contributed by atoms with Crippen LogP contribution in [0, 0.1) is 0 Å². The van der Waals surface area contributed by atoms with Crippen LogP contribution in [0.25, 0.3) is 0 Å². The fourth-order valence-corrected chi connectivity index (χ4v) is 2.56. The van der Waals surface area contributed by atoms with Crippen LogP contribution in [0.1, 0.15) is 5.56 Å². The molecule has 5 nitrogen and oxygen atoms in total. The summed E-state index contributed by atoms with van der Waals surface area (Å²) in [7, 11) is 0. The summed E-state index contributed by atoms with van der Waals surface area (Å²) in [5, 5.41) is 6.12. The normalized spacial score (nSPS) is 10.2. The van der Waals surface area contributed by atoms with Crippen molar-refractivity contribution in [2.45, 2.75) is 6.54 Å². The molecule has 3 rings (SSSR count). The van der Waals surface area contributed by atoms with Gasteiger partial charge in [-0.1, -0.05) is 41.4 Å². The highest BCUT2D eigenvalue weighted by Crippen LogP contribution is 2.29. The Balaban J connectivity index is 1.58. The summed E-state index contributed by atoms with van der Waals surface area (Å²) < 4.78 is 5.75. The second-order valence-corrected chi connectivity index (χ2v) is 6.13. The smallest absolute Gasteiger partial charge is 0.319 e. The quantitative estimate of drug-likeness (QED) is 0.607. The molecule has 132 valence electrons. The van der Waals surface area contributed by atoms with E-state index in [4.69, 9.17) is 27.9 Å². The summed E-state index contributed by atoms with van der Waals surface area (Å²) in [5.41, 5.74) is 1.34. The Kier molecular flexibility index (Phi) is 5.94. The predicted octanol–water partition coefficient (Wildman–Crippen LogP) is 5.50. The van der Waals surface area contributed by atoms with Crippen molar-refractivity contribution in [1.82, 2.24) is 10.3 Å². The molecular weight excluding hydrogens is 373 g/mol. The third-order valence-electron chi connectivity index (χ3n) is 3.44. The fourth-order valence-electron chi connectivity index (χ4n) is 2.21. The van der Waals surface area contributed by atoms with Gasteiger partial charge in [-0.3, -0.25) is 4.98 Å². The first-order valence-corrected chi connectivity index (χ1v) is 8.53. The number of aromatic nitrogens is 1. The van der Waals surface area contributed by atoms with Gasteiger partial charge in [0.15, 0.2) is 0 Å². The van der Waals surface area contributed by atoms with E-state index in [1.54, 1.807) is 42.7 Å². The molecule has 26 heavy (non-hydrogen) atoms. The topological polar surface area (TPSA) is 63.2 Å². The molecule has 0 atom stereocenters. The van der Waals surface area contributed by atoms with Crippen LogP contribution in [0.4, 0.5) is 10.5 Å². The zero-order chi connectivity index (χ0) is 18.4. The highest BCUT2D eigenvalue weighted by molar-refractivity contribution is 6.43. The van der Waals surface area contributed by atoms with Gasteiger partial charge < -0.3 is 15.4 Å². The first-order valence-electron chi connectivity index (χ1n) is 7.77. The molecule has 0 fully saturated rings. The Morgan fingerprint density at radius 2 is 1.77 bits per heavy atom. The number of hydrogen-bond donors (Lipinski definition) is 2. The summed E-state index contributed by atoms with van der Waals surface area (Å²) >= 11 is 12.0. The van der Waals surface area contributed by atoms with E-state index in [1.807, 2.05) is 24.3 Å². The van der Waals surface area contributed by atoms with E-state index in [1.165, 1.54) is 0 Å². The highest BCUT2D eigenvalue weighted by Gasteiger charge is 2.08. The molecule has 0 saturated heterocycles. The third kappa shape index (κ3) is 4.88. The van der Waals surface area contributed by atoms with Crippen molar-refractivity contribution < 1.29 is 9.53 Å². The molecule has 2 aromatic carbocycles. The lowest BCUT2D eigenvalue weighted by molar-refractivity contribution is 0.251. The van der Waals surface area contributed by atoms with Crippen LogP contribution >= 0.6 is 23.2 Å². The van der Waals surface area contributed by atoms with Crippen LogP contribution in [0.2, 0.25) is 10.0 Å². The Bertz CT molecular complexity index is 904. The number of halogens is 2. The number of ether oxygens (including phenoxy) is 1. The molecule has 2 N–H and O–H groups in total. The lowest BCUT2D eigenvalue weighted by Crippen LogP contribution is -2.28. The minimum Gasteiger partial charge on any atom is -0.457 e. The van der Waals surface area contributed by atoms with E-state index in [0.29, 0.717) is 33.8 Å². The van der Waals surface area contributed by atoms with E-state index >= 15 is 0 Å². The van der Waals surface area contributed by atoms with Gasteiger partial charge >= 0.3 is 6.03 Å². The number of nitrogens with one attached hydrogen (secondary N) is 2. The summed E-state index contributed by atoms with van der Waals surface area (Å²) in [4.78, 5) is 16.0. The molecule has 0 aliphatic heterocycles. The number of pyridine rings is 1. The van der Waals surface area contributed by atoms with Crippen LogP contribution in [-0.4, -0.2) is 11.0 Å². The first kappa shape index (κ1) is 18.0. The monoisotopic (exact) mass is 387 g/mol. The third-order valence-corrected chi connectivity index (χ3v) is 4.26. The number of carbonyl (C=O) groups is 1. The minimum absolute atomic E-state index is 0.303. The average molecular weight is 388 g/mol. The van der Waals surface area contributed by atoms with Crippen LogP contribution in [0.3, 0.4) is 0 Å². The second kappa shape index (κ2) is 8.56. The Morgan fingerprint density at radius 1 is 1.00 bits per heavy atom. The lowest BCUT2D eigenvalue weighted by atomic mass is 10.2. The standard InChI is InChI=1S/C19H15Cl2N3O2/c20-16-5-2-6-17(18(16)21)24-19(25)23-12-13-3-1-4-15(11-13)26-14-7-9-22-10-8-14/h1-11H,12H2,(H2,23,24,25). The van der Waals surface area contributed by atoms with Gasteiger partial charge in [0, 0.05) is 18.9 Å². The van der Waals surface area contributed by atoms with Gasteiger partial charge in [-0.25, -0.2) is 4.79 Å². The SMILES string of the molecule is O=C(NCc1cccc(Oc2ccncc2)c1)Nc1cccc(Cl)c1Cl. The maximum Gasteiger partial charge on any atom is 0.319 e. The molecule has 2 amide bonds. The van der Waals surface area contributed by atoms with Crippen LogP contribution < -0.4 is 15.4 Å². The van der Waals surface area contributed by atoms with Gasteiger partial charge in [-0.2, -0.15) is 0 Å². The Hall–Kier alpha value is -2.76. The number of carbonyl (C=O) groups excluding carboxylic acids is 1. The van der Waals surface area contributed by atoms with Gasteiger partial charge in [0.25, 0.3) is 0 Å². The lowest BCUT2D eigenvalue weighted by Gasteiger charge is -2.11. The molecule has 1 aromatic heterocycles. The number of amides is 2. The molecule has 0 radical (unpaired) electrons. The van der Waals surface area contributed by atoms with E-state index in [2.05, 4.69) is 15.6 Å². The zero-order valence-corrected chi connectivity index (χ0v) is 15.1. The van der Waals surface area contributed by atoms with E-state index in [9.17, 15) is 4.79 Å². The van der Waals surface area contributed by atoms with Crippen LogP contribution in [0.5, 0.6) is 11.5 Å². The maximum atomic E-state index is 12.1. The summed E-state index contributed by atoms with van der Waals surface area (Å²) in [6, 6.07) is 15.7. The first-order chi connectivity index (χ1) is 12.6. The molecule has 0 bridgehead atoms. The van der Waals surface area contributed by atoms with Crippen LogP contribution in [0.15, 0.2) is 67.0 Å². The summed E-state index contributed by atoms with van der Waals surface area (Å²) in [6.45, 7) is 0.331. The molecular formula is C19H15Cl2N3O2. The van der Waals surface area contributed by atoms with Crippen molar-refractivity contribution in [3.63, 3.8) is 0 Å². The Labute approximate surface area is 160 Å². The summed E-state index contributed by atoms with van der Waals surface area (Å²) in [6.07, 6.45) is 3.32. The van der Waals surface area contributed by atoms with E-state index in [0.717, 1.165) is 5.56 Å². The fraction of sp³-hybridized carbons (Fsp3) is 0.0526. The summed E-state index contributed by atoms with van der Waals surface area (Å²) in [5.74, 6) is 1.37. The van der Waals surface area contributed by atoms with E-state index < -0.39 is 0 Å². The number of benzene rings is 2. The largest absolute Gasteiger partial charge is 0.457 e. The average Bonchev–Trinajstić information content (AvgIpc) is 2.65. The molecule has 0 unspecified atom stereocenters. The van der Waals surface area contributed by atoms with Gasteiger partial charge in [0.05, 0.1) is 15.7 Å². The molecule has 0 aliphatic rings. The zero-order valence-electron chi connectivity index (χ0n) is 13.6. The van der Waals surface area contributed by atoms with Crippen molar-refractivity contribution in [2.24, 2.45) is 0 Å². The number of hydrogen-bond acceptors (Lipinski definition) is 3. The predicted molar refractivity (Wildman–Crippen MR) is 103 cm³/mol. The highest BCUT2D eigenvalue weighted by atomic mass is 35.5. The molecule has 3 aromatic rings. The molecule has 0 spiro atoms. The number of nitrogens with zero attached hydrogens (tertiary/aromatic N) is 1. The van der Waals surface area contributed by atoms with Crippen molar-refractivity contribution in [2.75, 3.05) is 5.32 Å². The molecule has 0 aliphatic carbocycles. The number of anilines is 1. The van der Waals surface area contributed by atoms with Gasteiger partial charge in [-0.15, -0.1) is 0 Å². The second-order valence-electron chi connectivity index (χ2n) is 5.34. The molecule has 0 saturated carbocycles. The molecule has 1 heterocycles. The van der Waals surface area contributed by atoms with Gasteiger partial charge in [0.2, 0.25) is 0 Å². The maximum absolute atomic E-state index is 12.1. The van der Waals surface area contributed by atoms with Gasteiger partial charge in [-0.05, 0) is 42.0 Å². The van der Waals surface area contributed by atoms with Crippen molar-refractivity contribution in [3.05, 3.63) is 82.6 Å². The number of rotatable bonds is 5. The molecule has 7 heteroatoms. The van der Waals surface area contributed by atoms with Crippen molar-refractivity contribution in [1.29, 1.82) is 0 Å². The van der Waals surface area contributed by atoms with Crippen molar-refractivity contribution in [3.8, 4) is 11.5 Å². The van der Waals surface area contributed by atoms with E-state index in [-0.39, 0.29) is 6.03 Å². The van der Waals surface area contributed by atoms with Crippen molar-refractivity contribution >= 4 is 34.9 Å².